The summed E-state index contributed by atoms with van der Waals surface area (Å²) < 4.78 is 49.6. The second kappa shape index (κ2) is 10.3. The molecule has 0 radical (unpaired) electrons. The quantitative estimate of drug-likeness (QED) is 0.592. The van der Waals surface area contributed by atoms with Gasteiger partial charge in [-0.05, 0) is 65.2 Å². The van der Waals surface area contributed by atoms with Gasteiger partial charge in [-0.3, -0.25) is 4.79 Å². The van der Waals surface area contributed by atoms with Crippen LogP contribution in [0.25, 0.3) is 0 Å². The highest BCUT2D eigenvalue weighted by Gasteiger charge is 2.39. The number of benzene rings is 1. The van der Waals surface area contributed by atoms with Crippen molar-refractivity contribution in [3.63, 3.8) is 0 Å². The number of carbonyl (C=O) groups excluding carboxylic acids is 2. The summed E-state index contributed by atoms with van der Waals surface area (Å²) in [7, 11) is -4.08. The summed E-state index contributed by atoms with van der Waals surface area (Å²) in [4.78, 5) is 25.5. The van der Waals surface area contributed by atoms with E-state index in [-0.39, 0.29) is 36.1 Å². The number of nitrogens with zero attached hydrogens (tertiary/aromatic N) is 2. The highest BCUT2D eigenvalue weighted by molar-refractivity contribution is 7.89. The van der Waals surface area contributed by atoms with Crippen LogP contribution >= 0.6 is 0 Å². The molecule has 0 aliphatic carbocycles. The lowest BCUT2D eigenvalue weighted by molar-refractivity contribution is -0.120. The van der Waals surface area contributed by atoms with Gasteiger partial charge in [-0.1, -0.05) is 6.07 Å². The third kappa shape index (κ3) is 4.88. The van der Waals surface area contributed by atoms with E-state index >= 15 is 0 Å². The van der Waals surface area contributed by atoms with Crippen molar-refractivity contribution in [3.8, 4) is 0 Å². The van der Waals surface area contributed by atoms with E-state index in [9.17, 15) is 22.4 Å². The topological polar surface area (TPSA) is 97.7 Å². The molecule has 1 aliphatic rings. The fourth-order valence-corrected chi connectivity index (χ4v) is 6.48. The summed E-state index contributed by atoms with van der Waals surface area (Å²) in [6.07, 6.45) is 0.992. The molecule has 1 aromatic carbocycles. The normalized spacial score (nSPS) is 16.9. The van der Waals surface area contributed by atoms with Gasteiger partial charge in [-0.2, -0.15) is 4.31 Å². The van der Waals surface area contributed by atoms with Crippen LogP contribution in [0.5, 0.6) is 0 Å². The van der Waals surface area contributed by atoms with Crippen LogP contribution in [0, 0.1) is 32.5 Å². The first-order valence-corrected chi connectivity index (χ1v) is 12.9. The van der Waals surface area contributed by atoms with E-state index in [0.717, 1.165) is 0 Å². The van der Waals surface area contributed by atoms with Crippen LogP contribution in [-0.2, 0) is 26.1 Å². The second-order valence-corrected chi connectivity index (χ2v) is 10.4. The summed E-state index contributed by atoms with van der Waals surface area (Å²) in [5.74, 6) is -2.08. The number of hydrogen-bond acceptors (Lipinski definition) is 5. The van der Waals surface area contributed by atoms with Gasteiger partial charge in [0.05, 0.1) is 12.5 Å². The van der Waals surface area contributed by atoms with E-state index in [1.54, 1.807) is 44.4 Å². The van der Waals surface area contributed by atoms with Crippen LogP contribution in [-0.4, -0.2) is 48.9 Å². The third-order valence-corrected chi connectivity index (χ3v) is 8.34. The molecule has 1 amide bonds. The summed E-state index contributed by atoms with van der Waals surface area (Å²) in [6, 6.07) is 4.43. The van der Waals surface area contributed by atoms with Crippen LogP contribution < -0.4 is 5.32 Å². The van der Waals surface area contributed by atoms with Gasteiger partial charge in [0.15, 0.2) is 0 Å². The number of anilines is 1. The molecule has 8 nitrogen and oxygen atoms in total. The van der Waals surface area contributed by atoms with E-state index in [0.29, 0.717) is 42.0 Å². The zero-order valence-corrected chi connectivity index (χ0v) is 21.1. The smallest absolute Gasteiger partial charge is 0.341 e. The maximum Gasteiger partial charge on any atom is 0.341 e. The van der Waals surface area contributed by atoms with Gasteiger partial charge >= 0.3 is 5.97 Å². The number of piperidine rings is 1. The number of ether oxygens (including phenoxy) is 1. The van der Waals surface area contributed by atoms with E-state index in [2.05, 4.69) is 5.32 Å². The molecule has 0 spiro atoms. The predicted molar refractivity (Wildman–Crippen MR) is 127 cm³/mol. The van der Waals surface area contributed by atoms with Crippen molar-refractivity contribution in [2.24, 2.45) is 5.92 Å². The average Bonchev–Trinajstić information content (AvgIpc) is 3.06. The highest BCUT2D eigenvalue weighted by Crippen LogP contribution is 2.33. The van der Waals surface area contributed by atoms with Gasteiger partial charge in [0.1, 0.15) is 16.3 Å². The minimum atomic E-state index is -4.08. The number of amides is 1. The minimum Gasteiger partial charge on any atom is -0.462 e. The standard InChI is InChI=1S/C24H32FN3O5S/c1-6-28-16(4)21(24(30)33-7-2)22(17(28)5)34(31,32)27-12-8-9-18(14-27)23(29)26-19-11-10-15(3)20(25)13-19/h10-11,13,18H,6-9,12,14H2,1-5H3,(H,26,29)/t18-/m1/s1. The van der Waals surface area contributed by atoms with Crippen molar-refractivity contribution < 1.29 is 27.1 Å². The van der Waals surface area contributed by atoms with Crippen LogP contribution in [0.15, 0.2) is 23.1 Å². The molecule has 0 bridgehead atoms. The lowest BCUT2D eigenvalue weighted by atomic mass is 9.98. The van der Waals surface area contributed by atoms with E-state index in [1.165, 1.54) is 10.4 Å². The van der Waals surface area contributed by atoms with Crippen molar-refractivity contribution in [3.05, 3.63) is 46.5 Å². The number of halogens is 1. The Hall–Kier alpha value is -2.72. The lowest BCUT2D eigenvalue weighted by Gasteiger charge is -2.31. The number of nitrogens with one attached hydrogen (secondary N) is 1. The Morgan fingerprint density at radius 3 is 2.50 bits per heavy atom. The summed E-state index contributed by atoms with van der Waals surface area (Å²) >= 11 is 0. The molecule has 1 fully saturated rings. The van der Waals surface area contributed by atoms with Gasteiger partial charge in [0, 0.05) is 36.7 Å². The molecule has 1 aliphatic heterocycles. The highest BCUT2D eigenvalue weighted by atomic mass is 32.2. The molecular formula is C24H32FN3O5S. The Labute approximate surface area is 200 Å². The van der Waals surface area contributed by atoms with Crippen molar-refractivity contribution in [2.75, 3.05) is 25.0 Å². The Morgan fingerprint density at radius 1 is 1.18 bits per heavy atom. The Kier molecular flexibility index (Phi) is 7.82. The Balaban J connectivity index is 1.90. The molecule has 0 unspecified atom stereocenters. The molecule has 1 saturated heterocycles. The van der Waals surface area contributed by atoms with Crippen LogP contribution in [0.3, 0.4) is 0 Å². The molecule has 3 rings (SSSR count). The van der Waals surface area contributed by atoms with Gasteiger partial charge in [0.25, 0.3) is 0 Å². The molecule has 2 heterocycles. The lowest BCUT2D eigenvalue weighted by Crippen LogP contribution is -2.44. The number of hydrogen-bond donors (Lipinski definition) is 1. The molecule has 10 heteroatoms. The number of aryl methyl sites for hydroxylation is 1. The van der Waals surface area contributed by atoms with Crippen molar-refractivity contribution >= 4 is 27.6 Å². The molecule has 0 saturated carbocycles. The summed E-state index contributed by atoms with van der Waals surface area (Å²) in [6.45, 7) is 9.38. The second-order valence-electron chi connectivity index (χ2n) is 8.50. The van der Waals surface area contributed by atoms with Crippen molar-refractivity contribution in [2.45, 2.75) is 58.9 Å². The van der Waals surface area contributed by atoms with Gasteiger partial charge in [0.2, 0.25) is 15.9 Å². The zero-order valence-electron chi connectivity index (χ0n) is 20.3. The molecule has 34 heavy (non-hydrogen) atoms. The molecule has 1 N–H and O–H groups in total. The van der Waals surface area contributed by atoms with Gasteiger partial charge in [-0.15, -0.1) is 0 Å². The number of rotatable bonds is 7. The number of aromatic nitrogens is 1. The maximum absolute atomic E-state index is 13.9. The zero-order chi connectivity index (χ0) is 25.2. The largest absolute Gasteiger partial charge is 0.462 e. The molecule has 1 aromatic heterocycles. The third-order valence-electron chi connectivity index (χ3n) is 6.32. The maximum atomic E-state index is 13.9. The average molecular weight is 494 g/mol. The summed E-state index contributed by atoms with van der Waals surface area (Å²) in [5.41, 5.74) is 1.83. The van der Waals surface area contributed by atoms with E-state index in [4.69, 9.17) is 4.74 Å². The van der Waals surface area contributed by atoms with Gasteiger partial charge in [-0.25, -0.2) is 17.6 Å². The Bertz CT molecular complexity index is 1210. The van der Waals surface area contributed by atoms with Gasteiger partial charge < -0.3 is 14.6 Å². The van der Waals surface area contributed by atoms with E-state index < -0.39 is 27.7 Å². The molecule has 1 atom stereocenters. The SMILES string of the molecule is CCOC(=O)c1c(S(=O)(=O)N2CCC[C@@H](C(=O)Nc3ccc(C)c(F)c3)C2)c(C)n(CC)c1C. The first-order chi connectivity index (χ1) is 16.0. The fourth-order valence-electron chi connectivity index (χ4n) is 4.51. The molecule has 186 valence electrons. The van der Waals surface area contributed by atoms with Crippen molar-refractivity contribution in [1.82, 2.24) is 8.87 Å². The first kappa shape index (κ1) is 25.9. The first-order valence-electron chi connectivity index (χ1n) is 11.5. The van der Waals surface area contributed by atoms with Crippen LogP contribution in [0.2, 0.25) is 0 Å². The number of sulfonamides is 1. The Morgan fingerprint density at radius 2 is 1.88 bits per heavy atom. The van der Waals surface area contributed by atoms with Crippen molar-refractivity contribution in [1.29, 1.82) is 0 Å². The monoisotopic (exact) mass is 493 g/mol. The molecule has 2 aromatic rings. The summed E-state index contributed by atoms with van der Waals surface area (Å²) in [5, 5.41) is 2.69. The van der Waals surface area contributed by atoms with Crippen LogP contribution in [0.1, 0.15) is 54.0 Å². The van der Waals surface area contributed by atoms with E-state index in [1.807, 2.05) is 6.92 Å². The minimum absolute atomic E-state index is 0.0272. The van der Waals surface area contributed by atoms with Crippen LogP contribution in [0.4, 0.5) is 10.1 Å². The molecular weight excluding hydrogens is 461 g/mol. The number of esters is 1. The number of carbonyl (C=O) groups is 2. The fraction of sp³-hybridized carbons (Fsp3) is 0.500. The predicted octanol–water partition coefficient (Wildman–Crippen LogP) is 3.79.